The quantitative estimate of drug-likeness (QED) is 0.0380. The molecule has 12 rings (SSSR count). The number of nitrogens with one attached hydrogen (secondary N) is 10. The molecule has 21 atom stereocenters. The number of esters is 1. The van der Waals surface area contributed by atoms with Crippen LogP contribution in [-0.4, -0.2) is 261 Å². The van der Waals surface area contributed by atoms with Gasteiger partial charge in [-0.25, -0.2) is 9.59 Å². The molecule has 2 aromatic carbocycles. The van der Waals surface area contributed by atoms with Crippen molar-refractivity contribution < 1.29 is 91.9 Å². The smallest absolute Gasteiger partial charge is 0.407 e. The Balaban J connectivity index is 0.846. The second-order valence-corrected chi connectivity index (χ2v) is 39.0. The lowest BCUT2D eigenvalue weighted by atomic mass is 9.49. The molecular weight excluding hydrogens is 1660 g/mol. The third-order valence-corrected chi connectivity index (χ3v) is 29.1. The fourth-order valence-corrected chi connectivity index (χ4v) is 22.4. The van der Waals surface area contributed by atoms with Crippen molar-refractivity contribution in [3.8, 4) is 0 Å². The van der Waals surface area contributed by atoms with E-state index in [0.29, 0.717) is 87.5 Å². The Morgan fingerprint density at radius 1 is 0.746 bits per heavy atom. The number of carbonyl (C=O) groups is 13. The lowest BCUT2D eigenvalue weighted by Gasteiger charge is -2.57. The second kappa shape index (κ2) is 42.9. The Bertz CT molecular complexity index is 4520. The first-order valence-electron chi connectivity index (χ1n) is 44.4. The lowest BCUT2D eigenvalue weighted by Crippen LogP contribution is -2.62. The van der Waals surface area contributed by atoms with Crippen molar-refractivity contribution in [1.29, 1.82) is 0 Å². The third-order valence-electron chi connectivity index (χ3n) is 26.6. The molecule has 10 aliphatic rings. The highest BCUT2D eigenvalue weighted by atomic mass is 33.1. The molecule has 34 heteroatoms. The van der Waals surface area contributed by atoms with Crippen molar-refractivity contribution in [1.82, 2.24) is 67.9 Å². The SMILES string of the molecule is CO[C@@]1(C(=O)OCC(NC(=O)C2CSSCC(NC(=O)C(Cc3ccccc3)NC(=O)C3CCCN3C(=O)C3CCCN3C(=O)C3=CN(C)C=CC3)C(=O)NC(Cc3ccccc3)C(=O)NC(CC3=CNC4C=CC=CC34)C(=O)CNC(CCCCNC(=O)OC(C)(C)C)C(=O)NC(C(C)O)C(=O)N2)C(C)O)CCC2C3CCC4=CC(=O)CCC4C3C(O)CC21C. The van der Waals surface area contributed by atoms with Crippen molar-refractivity contribution >= 4 is 98.4 Å². The Morgan fingerprint density at radius 2 is 1.44 bits per heavy atom. The van der Waals surface area contributed by atoms with E-state index in [1.54, 1.807) is 117 Å². The minimum absolute atomic E-state index is 0.0124. The lowest BCUT2D eigenvalue weighted by molar-refractivity contribution is -0.203. The number of unbranched alkanes of at least 4 members (excludes halogenated alkanes) is 1. The number of carbonyl (C=O) groups excluding carboxylic acids is 13. The molecule has 10 amide bonds. The van der Waals surface area contributed by atoms with Gasteiger partial charge >= 0.3 is 12.1 Å². The van der Waals surface area contributed by atoms with E-state index in [4.69, 9.17) is 14.2 Å². The number of likely N-dealkylation sites (tertiary alicyclic amines) is 2. The summed E-state index contributed by atoms with van der Waals surface area (Å²) in [5.41, 5.74) is 0.175. The molecule has 0 bridgehead atoms. The maximum Gasteiger partial charge on any atom is 0.407 e. The van der Waals surface area contributed by atoms with E-state index in [1.165, 1.54) is 25.9 Å². The Morgan fingerprint density at radius 3 is 2.16 bits per heavy atom. The zero-order valence-corrected chi connectivity index (χ0v) is 74.8. The van der Waals surface area contributed by atoms with Gasteiger partial charge in [-0.1, -0.05) is 125 Å². The van der Waals surface area contributed by atoms with Crippen molar-refractivity contribution in [2.24, 2.45) is 35.0 Å². The van der Waals surface area contributed by atoms with Gasteiger partial charge in [0.15, 0.2) is 17.2 Å². The fraction of sp³-hybridized carbons (Fsp3) is 0.598. The van der Waals surface area contributed by atoms with Crippen LogP contribution in [0.3, 0.4) is 0 Å². The average molecular weight is 1780 g/mol. The standard InChI is InChI=1S/C92H125N13O19S2/c1-53(106)70(50-123-88(120)92(122-8)37-36-64-63-34-32-57-44-60(108)33-35-62(57)77(63)75(109)46-91(64,92)6)99-83(115)72-52-126-125-51-71(100-81(113)69(43-56-24-13-10-14-25-56)98-84(116)73-30-20-40-104(73)87(119)74-31-21-41-105(74)86(118)58-26-19-39-103(7)49-58)82(114)97-68(42-55-22-11-9-12-23-55)80(112)96-67(45-59-47-94-65-28-16-15-27-61(59)65)76(110)48-95-66(79(111)102-78(54(2)107)85(117)101-72)29-17-18-38-93-89(121)124-90(3,4)5/h9-16,19,22-25,27-28,39,44,47,49,53-54,61-75,77-78,94-95,106-107,109H,17-18,20-21,26,29-38,40-43,45-46,48,50-52H2,1-8H3,(H,93,121)(H,96,112)(H,97,114)(H,98,116)(H,99,115)(H,100,113)(H,101,117)(H,102,111)/t53?,54?,61?,62?,63?,64?,65?,66?,67?,68?,69?,70?,71?,72?,73?,74?,75?,77?,78?,91?,92-/m1/s1. The number of benzene rings is 2. The molecule has 20 unspecified atom stereocenters. The van der Waals surface area contributed by atoms with Crippen LogP contribution in [0.15, 0.2) is 132 Å². The monoisotopic (exact) mass is 1780 g/mol. The molecule has 0 aromatic heterocycles. The zero-order valence-electron chi connectivity index (χ0n) is 73.1. The number of ether oxygens (including phenoxy) is 3. The van der Waals surface area contributed by atoms with Crippen LogP contribution in [0.4, 0.5) is 4.79 Å². The van der Waals surface area contributed by atoms with Crippen LogP contribution in [0.1, 0.15) is 155 Å². The number of nitrogens with zero attached hydrogens (tertiary/aromatic N) is 3. The van der Waals surface area contributed by atoms with Crippen LogP contribution in [0.25, 0.3) is 0 Å². The van der Waals surface area contributed by atoms with Crippen molar-refractivity contribution in [2.75, 3.05) is 58.4 Å². The largest absolute Gasteiger partial charge is 0.461 e. The molecule has 3 saturated carbocycles. The second-order valence-electron chi connectivity index (χ2n) is 36.4. The molecule has 2 aromatic rings. The fourth-order valence-electron chi connectivity index (χ4n) is 20.1. The Kier molecular flexibility index (Phi) is 32.5. The number of aliphatic hydroxyl groups excluding tert-OH is 3. The number of hydrogen-bond donors (Lipinski definition) is 13. The summed E-state index contributed by atoms with van der Waals surface area (Å²) in [6, 6.07) is 3.35. The highest BCUT2D eigenvalue weighted by Gasteiger charge is 2.69. The van der Waals surface area contributed by atoms with E-state index in [2.05, 4.69) is 53.2 Å². The van der Waals surface area contributed by atoms with E-state index in [-0.39, 0.29) is 118 Å². The van der Waals surface area contributed by atoms with Gasteiger partial charge in [-0.3, -0.25) is 58.1 Å². The summed E-state index contributed by atoms with van der Waals surface area (Å²) in [4.78, 5) is 197. The first-order valence-corrected chi connectivity index (χ1v) is 46.9. The number of allylic oxidation sites excluding steroid dienone is 4. The van der Waals surface area contributed by atoms with Gasteiger partial charge in [-0.2, -0.15) is 0 Å². The number of amides is 10. The summed E-state index contributed by atoms with van der Waals surface area (Å²) in [6.45, 7) is 9.11. The molecule has 0 spiro atoms. The first kappa shape index (κ1) is 95.4. The zero-order chi connectivity index (χ0) is 90.3. The van der Waals surface area contributed by atoms with Gasteiger partial charge in [0.25, 0.3) is 5.91 Å². The van der Waals surface area contributed by atoms with Gasteiger partial charge in [-0.05, 0) is 190 Å². The predicted octanol–water partition coefficient (Wildman–Crippen LogP) is 3.99. The van der Waals surface area contributed by atoms with Crippen LogP contribution in [-0.2, 0) is 84.6 Å². The number of methoxy groups -OCH3 is 1. The topological polar surface area (TPSA) is 440 Å². The number of Topliss-reactive ketones (excluding diaryl/α,β-unsaturated/α-hetero) is 1. The van der Waals surface area contributed by atoms with E-state index in [1.807, 2.05) is 43.5 Å². The minimum Gasteiger partial charge on any atom is -0.461 e. The highest BCUT2D eigenvalue weighted by molar-refractivity contribution is 8.76. The van der Waals surface area contributed by atoms with Crippen molar-refractivity contribution in [2.45, 2.75) is 253 Å². The molecule has 3 saturated heterocycles. The van der Waals surface area contributed by atoms with E-state index in [0.717, 1.165) is 32.7 Å². The third kappa shape index (κ3) is 23.2. The number of ketones is 2. The maximum atomic E-state index is 15.8. The average Bonchev–Trinajstić information content (AvgIpc) is 1.52. The van der Waals surface area contributed by atoms with Crippen LogP contribution in [0.2, 0.25) is 0 Å². The molecule has 32 nitrogen and oxygen atoms in total. The molecule has 5 heterocycles. The van der Waals surface area contributed by atoms with Crippen LogP contribution >= 0.6 is 21.6 Å². The highest BCUT2D eigenvalue weighted by Crippen LogP contribution is 2.66. The summed E-state index contributed by atoms with van der Waals surface area (Å²) in [5, 5.41) is 64.2. The van der Waals surface area contributed by atoms with Gasteiger partial charge < -0.3 is 92.1 Å². The number of fused-ring (bicyclic) bond motifs is 6. The Labute approximate surface area is 744 Å². The molecule has 5 aliphatic carbocycles. The normalized spacial score (nSPS) is 30.6. The Hall–Kier alpha value is -9.71. The van der Waals surface area contributed by atoms with Crippen LogP contribution < -0.4 is 53.2 Å². The van der Waals surface area contributed by atoms with Crippen LogP contribution in [0, 0.1) is 35.0 Å². The summed E-state index contributed by atoms with van der Waals surface area (Å²) < 4.78 is 17.8. The molecule has 0 radical (unpaired) electrons. The van der Waals surface area contributed by atoms with Crippen molar-refractivity contribution in [3.63, 3.8) is 0 Å². The van der Waals surface area contributed by atoms with E-state index in [9.17, 15) is 34.5 Å². The number of hydrogen-bond acceptors (Lipinski definition) is 24. The molecular formula is C92H125N13O19S2. The predicted molar refractivity (Wildman–Crippen MR) is 472 cm³/mol. The molecule has 5 aliphatic heterocycles. The first-order chi connectivity index (χ1) is 60.2. The summed E-state index contributed by atoms with van der Waals surface area (Å²) in [6.07, 6.45) is 17.6. The molecule has 126 heavy (non-hydrogen) atoms. The van der Waals surface area contributed by atoms with E-state index >= 15 is 43.2 Å². The number of alkyl carbamates (subject to hydrolysis) is 1. The number of rotatable bonds is 25. The summed E-state index contributed by atoms with van der Waals surface area (Å²) in [7, 11) is 5.09. The van der Waals surface area contributed by atoms with Gasteiger partial charge in [0.2, 0.25) is 47.3 Å². The molecule has 684 valence electrons. The minimum atomic E-state index is -1.82. The van der Waals surface area contributed by atoms with Crippen molar-refractivity contribution in [3.05, 3.63) is 144 Å². The molecule has 13 N–H and O–H groups in total. The summed E-state index contributed by atoms with van der Waals surface area (Å²) >= 11 is 0. The van der Waals surface area contributed by atoms with E-state index < -0.39 is 179 Å². The van der Waals surface area contributed by atoms with Gasteiger partial charge in [0, 0.05) is 87.7 Å². The van der Waals surface area contributed by atoms with Gasteiger partial charge in [-0.15, -0.1) is 0 Å². The van der Waals surface area contributed by atoms with Gasteiger partial charge in [0.1, 0.15) is 54.5 Å². The maximum absolute atomic E-state index is 15.8. The van der Waals surface area contributed by atoms with Gasteiger partial charge in [0.05, 0.1) is 49.0 Å². The van der Waals surface area contributed by atoms with Crippen LogP contribution in [0.5, 0.6) is 0 Å². The molecule has 6 fully saturated rings. The summed E-state index contributed by atoms with van der Waals surface area (Å²) in [5.74, 6) is -9.32. The number of aliphatic hydroxyl groups is 3.